The van der Waals surface area contributed by atoms with Gasteiger partial charge in [0.1, 0.15) is 19.3 Å². The third-order valence-corrected chi connectivity index (χ3v) is 6.49. The van der Waals surface area contributed by atoms with Gasteiger partial charge in [-0.05, 0) is 42.8 Å². The van der Waals surface area contributed by atoms with Crippen LogP contribution in [-0.4, -0.2) is 59.7 Å². The number of carbonyl (C=O) groups is 3. The minimum Gasteiger partial charge on any atom is -0.447 e. The first kappa shape index (κ1) is 27.5. The van der Waals surface area contributed by atoms with E-state index in [2.05, 4.69) is 10.0 Å². The summed E-state index contributed by atoms with van der Waals surface area (Å²) in [6.07, 6.45) is 1.59. The minimum absolute atomic E-state index is 0.0827. The zero-order valence-electron chi connectivity index (χ0n) is 21.2. The number of cyclic esters (lactones) is 1. The van der Waals surface area contributed by atoms with Crippen molar-refractivity contribution < 1.29 is 23.9 Å². The van der Waals surface area contributed by atoms with Crippen LogP contribution in [0, 0.1) is 0 Å². The zero-order chi connectivity index (χ0) is 26.6. The molecule has 1 heterocycles. The lowest BCUT2D eigenvalue weighted by Crippen LogP contribution is -2.45. The number of azide groups is 1. The monoisotopic (exact) mass is 507 g/mol. The average molecular weight is 508 g/mol. The Kier molecular flexibility index (Phi) is 10.3. The van der Waals surface area contributed by atoms with E-state index in [1.807, 2.05) is 67.6 Å². The first-order chi connectivity index (χ1) is 17.9. The van der Waals surface area contributed by atoms with Crippen LogP contribution in [0.5, 0.6) is 0 Å². The molecular formula is C27H33N5O5. The van der Waals surface area contributed by atoms with Crippen molar-refractivity contribution in [3.05, 3.63) is 82.2 Å². The molecule has 1 unspecified atom stereocenters. The maximum absolute atomic E-state index is 13.2. The molecule has 1 aliphatic rings. The molecule has 0 spiro atoms. The van der Waals surface area contributed by atoms with Crippen LogP contribution in [-0.2, 0) is 27.3 Å². The molecule has 2 aromatic carbocycles. The van der Waals surface area contributed by atoms with Crippen molar-refractivity contribution in [3.8, 4) is 0 Å². The van der Waals surface area contributed by atoms with E-state index < -0.39 is 30.2 Å². The van der Waals surface area contributed by atoms with Crippen molar-refractivity contribution in [2.75, 3.05) is 13.7 Å². The van der Waals surface area contributed by atoms with E-state index in [-0.39, 0.29) is 19.3 Å². The summed E-state index contributed by atoms with van der Waals surface area (Å²) in [6, 6.07) is 17.5. The van der Waals surface area contributed by atoms with E-state index in [0.29, 0.717) is 32.1 Å². The zero-order valence-corrected chi connectivity index (χ0v) is 21.2. The standard InChI is InChI=1S/C27H33N5O5/c1-20(31(2)26(34)36-18-22-14-7-4-8-15-22)11-9-10-16-24(29-30-28)25(33)32-23(19-37-27(32)35)17-21-12-5-3-6-13-21/h3-8,12-15,20,23-24H,9-11,16-19H2,1-2H3/t20?,23-,24-/m0/s1. The van der Waals surface area contributed by atoms with Crippen LogP contribution in [0.15, 0.2) is 65.8 Å². The number of unbranched alkanes of at least 4 members (excludes halogenated alkanes) is 1. The number of ether oxygens (including phenoxy) is 2. The summed E-state index contributed by atoms with van der Waals surface area (Å²) in [5.41, 5.74) is 10.9. The molecule has 0 aliphatic carbocycles. The van der Waals surface area contributed by atoms with Crippen molar-refractivity contribution in [1.82, 2.24) is 9.80 Å². The molecule has 0 radical (unpaired) electrons. The van der Waals surface area contributed by atoms with Gasteiger partial charge in [-0.2, -0.15) is 0 Å². The summed E-state index contributed by atoms with van der Waals surface area (Å²) in [7, 11) is 1.69. The van der Waals surface area contributed by atoms with E-state index in [9.17, 15) is 14.4 Å². The highest BCUT2D eigenvalue weighted by Crippen LogP contribution is 2.21. The van der Waals surface area contributed by atoms with Gasteiger partial charge in [0, 0.05) is 18.0 Å². The topological polar surface area (TPSA) is 125 Å². The molecule has 0 N–H and O–H groups in total. The lowest BCUT2D eigenvalue weighted by atomic mass is 10.0. The Balaban J connectivity index is 1.47. The summed E-state index contributed by atoms with van der Waals surface area (Å²) >= 11 is 0. The molecule has 1 aliphatic heterocycles. The molecule has 3 amide bonds. The fraction of sp³-hybridized carbons (Fsp3) is 0.444. The van der Waals surface area contributed by atoms with E-state index in [1.54, 1.807) is 11.9 Å². The van der Waals surface area contributed by atoms with Crippen LogP contribution in [0.25, 0.3) is 10.4 Å². The second-order valence-electron chi connectivity index (χ2n) is 9.13. The highest BCUT2D eigenvalue weighted by molar-refractivity contribution is 5.96. The Labute approximate surface area is 216 Å². The van der Waals surface area contributed by atoms with Gasteiger partial charge in [-0.1, -0.05) is 78.6 Å². The van der Waals surface area contributed by atoms with E-state index in [0.717, 1.165) is 16.0 Å². The Hall–Kier alpha value is -4.04. The molecule has 0 bridgehead atoms. The number of imide groups is 1. The normalized spacial score (nSPS) is 16.3. The fourth-order valence-electron chi connectivity index (χ4n) is 4.19. The third kappa shape index (κ3) is 7.98. The smallest absolute Gasteiger partial charge is 0.416 e. The predicted octanol–water partition coefficient (Wildman–Crippen LogP) is 5.47. The molecule has 10 nitrogen and oxygen atoms in total. The largest absolute Gasteiger partial charge is 0.447 e. The van der Waals surface area contributed by atoms with Crippen LogP contribution >= 0.6 is 0 Å². The Morgan fingerprint density at radius 1 is 1.11 bits per heavy atom. The van der Waals surface area contributed by atoms with E-state index >= 15 is 0 Å². The van der Waals surface area contributed by atoms with E-state index in [1.165, 1.54) is 0 Å². The van der Waals surface area contributed by atoms with Gasteiger partial charge in [-0.25, -0.2) is 14.5 Å². The van der Waals surface area contributed by atoms with Gasteiger partial charge in [0.25, 0.3) is 0 Å². The van der Waals surface area contributed by atoms with Crippen molar-refractivity contribution >= 4 is 18.1 Å². The maximum atomic E-state index is 13.2. The summed E-state index contributed by atoms with van der Waals surface area (Å²) in [5, 5.41) is 3.67. The quantitative estimate of drug-likeness (QED) is 0.163. The molecule has 3 atom stereocenters. The van der Waals surface area contributed by atoms with Crippen molar-refractivity contribution in [2.24, 2.45) is 5.11 Å². The van der Waals surface area contributed by atoms with Gasteiger partial charge in [0.15, 0.2) is 0 Å². The molecule has 3 rings (SSSR count). The number of nitrogens with zero attached hydrogens (tertiary/aromatic N) is 5. The highest BCUT2D eigenvalue weighted by atomic mass is 16.6. The molecular weight excluding hydrogens is 474 g/mol. The molecule has 196 valence electrons. The van der Waals surface area contributed by atoms with Gasteiger partial charge in [0.2, 0.25) is 5.91 Å². The first-order valence-electron chi connectivity index (χ1n) is 12.4. The summed E-state index contributed by atoms with van der Waals surface area (Å²) in [5.74, 6) is -0.545. The number of amides is 3. The molecule has 37 heavy (non-hydrogen) atoms. The van der Waals surface area contributed by atoms with Crippen LogP contribution < -0.4 is 0 Å². The average Bonchev–Trinajstić information content (AvgIpc) is 3.28. The van der Waals surface area contributed by atoms with Crippen molar-refractivity contribution in [2.45, 2.75) is 63.8 Å². The Morgan fingerprint density at radius 2 is 1.73 bits per heavy atom. The van der Waals surface area contributed by atoms with Crippen LogP contribution in [0.2, 0.25) is 0 Å². The van der Waals surface area contributed by atoms with Crippen LogP contribution in [0.1, 0.15) is 43.7 Å². The number of benzene rings is 2. The maximum Gasteiger partial charge on any atom is 0.416 e. The molecule has 2 aromatic rings. The summed E-state index contributed by atoms with van der Waals surface area (Å²) in [6.45, 7) is 2.23. The number of hydrogen-bond acceptors (Lipinski definition) is 6. The van der Waals surface area contributed by atoms with Crippen molar-refractivity contribution in [3.63, 3.8) is 0 Å². The number of hydrogen-bond donors (Lipinski definition) is 0. The SMILES string of the molecule is CC(CCCC[C@H](N=[N+]=[N-])C(=O)N1C(=O)OC[C@@H]1Cc1ccccc1)N(C)C(=O)OCc1ccccc1. The first-order valence-corrected chi connectivity index (χ1v) is 12.4. The lowest BCUT2D eigenvalue weighted by Gasteiger charge is -2.25. The second kappa shape index (κ2) is 13.9. The fourth-order valence-corrected chi connectivity index (χ4v) is 4.19. The molecule has 1 fully saturated rings. The van der Waals surface area contributed by atoms with Gasteiger partial charge in [-0.15, -0.1) is 0 Å². The molecule has 10 heteroatoms. The molecule has 0 saturated carbocycles. The highest BCUT2D eigenvalue weighted by Gasteiger charge is 2.40. The van der Waals surface area contributed by atoms with Gasteiger partial charge in [-0.3, -0.25) is 4.79 Å². The Morgan fingerprint density at radius 3 is 2.38 bits per heavy atom. The van der Waals surface area contributed by atoms with Gasteiger partial charge in [0.05, 0.1) is 6.04 Å². The summed E-state index contributed by atoms with van der Waals surface area (Å²) < 4.78 is 10.5. The van der Waals surface area contributed by atoms with Crippen molar-refractivity contribution in [1.29, 1.82) is 0 Å². The van der Waals surface area contributed by atoms with Gasteiger partial charge >= 0.3 is 12.2 Å². The second-order valence-corrected chi connectivity index (χ2v) is 9.13. The third-order valence-electron chi connectivity index (χ3n) is 6.49. The number of rotatable bonds is 12. The Bertz CT molecular complexity index is 1090. The molecule has 1 saturated heterocycles. The molecule has 0 aromatic heterocycles. The number of carbonyl (C=O) groups excluding carboxylic acids is 3. The van der Waals surface area contributed by atoms with Crippen LogP contribution in [0.3, 0.4) is 0 Å². The predicted molar refractivity (Wildman–Crippen MR) is 137 cm³/mol. The van der Waals surface area contributed by atoms with Gasteiger partial charge < -0.3 is 14.4 Å². The lowest BCUT2D eigenvalue weighted by molar-refractivity contribution is -0.130. The minimum atomic E-state index is -1.00. The summed E-state index contributed by atoms with van der Waals surface area (Å²) in [4.78, 5) is 43.3. The van der Waals surface area contributed by atoms with Crippen LogP contribution in [0.4, 0.5) is 9.59 Å². The van der Waals surface area contributed by atoms with E-state index in [4.69, 9.17) is 15.0 Å².